The molecule has 0 spiro atoms. The van der Waals surface area contributed by atoms with E-state index >= 15 is 0 Å². The Bertz CT molecular complexity index is 569. The van der Waals surface area contributed by atoms with Crippen LogP contribution in [0.25, 0.3) is 0 Å². The number of fused-ring (bicyclic) bond motifs is 1. The fourth-order valence-corrected chi connectivity index (χ4v) is 2.48. The third kappa shape index (κ3) is 2.52. The van der Waals surface area contributed by atoms with E-state index in [1.165, 1.54) is 4.90 Å². The van der Waals surface area contributed by atoms with Crippen molar-refractivity contribution >= 4 is 23.2 Å². The maximum Gasteiger partial charge on any atom is 0.271 e. The number of rotatable bonds is 4. The zero-order valence-electron chi connectivity index (χ0n) is 12.2. The molecule has 0 unspecified atom stereocenters. The van der Waals surface area contributed by atoms with E-state index < -0.39 is 11.5 Å². The minimum Gasteiger partial charge on any atom is -0.475 e. The van der Waals surface area contributed by atoms with E-state index in [1.807, 2.05) is 19.3 Å². The molecular weight excluding hydrogens is 272 g/mol. The first-order valence-electron chi connectivity index (χ1n) is 6.87. The van der Waals surface area contributed by atoms with Crippen molar-refractivity contribution in [3.8, 4) is 5.75 Å². The molecule has 21 heavy (non-hydrogen) atoms. The van der Waals surface area contributed by atoms with Crippen molar-refractivity contribution < 1.29 is 14.3 Å². The number of hydrogen-bond donors (Lipinski definition) is 3. The Morgan fingerprint density at radius 1 is 1.38 bits per heavy atom. The van der Waals surface area contributed by atoms with Crippen LogP contribution >= 0.6 is 0 Å². The van der Waals surface area contributed by atoms with Gasteiger partial charge in [-0.25, -0.2) is 5.84 Å². The van der Waals surface area contributed by atoms with Crippen LogP contribution < -0.4 is 26.6 Å². The predicted molar refractivity (Wildman–Crippen MR) is 79.5 cm³/mol. The minimum atomic E-state index is -0.960. The quantitative estimate of drug-likeness (QED) is 0.325. The lowest BCUT2D eigenvalue weighted by Gasteiger charge is -2.41. The largest absolute Gasteiger partial charge is 0.475 e. The molecule has 0 aliphatic carbocycles. The first-order valence-corrected chi connectivity index (χ1v) is 6.87. The summed E-state index contributed by atoms with van der Waals surface area (Å²) in [5.41, 5.74) is 7.82. The molecule has 114 valence electrons. The summed E-state index contributed by atoms with van der Waals surface area (Å²) >= 11 is 0. The summed E-state index contributed by atoms with van der Waals surface area (Å²) in [6.45, 7) is 3.59. The van der Waals surface area contributed by atoms with E-state index in [0.717, 1.165) is 0 Å². The molecule has 2 rings (SSSR count). The molecule has 1 aliphatic heterocycles. The maximum absolute atomic E-state index is 12.8. The van der Waals surface area contributed by atoms with Gasteiger partial charge in [0.1, 0.15) is 12.3 Å². The van der Waals surface area contributed by atoms with E-state index in [0.29, 0.717) is 30.0 Å². The first kappa shape index (κ1) is 15.1. The standard InChI is InChI=1S/C14H20N4O3/c1-3-14(4-2)13(20)18(8-12(19)17-16)10-7-9(15)5-6-11(10)21-14/h5-7H,3-4,8,15-16H2,1-2H3,(H,17,19). The molecule has 0 saturated heterocycles. The number of carbonyl (C=O) groups excluding carboxylic acids is 2. The summed E-state index contributed by atoms with van der Waals surface area (Å²) in [5.74, 6) is 4.95. The predicted octanol–water partition coefficient (Wildman–Crippen LogP) is 0.543. The van der Waals surface area contributed by atoms with Crippen LogP contribution in [-0.2, 0) is 9.59 Å². The molecule has 1 aromatic carbocycles. The molecule has 1 aromatic rings. The van der Waals surface area contributed by atoms with Crippen LogP contribution in [0, 0.1) is 0 Å². The normalized spacial score (nSPS) is 16.1. The van der Waals surface area contributed by atoms with E-state index in [4.69, 9.17) is 16.3 Å². The number of hydrazine groups is 1. The number of nitrogens with one attached hydrogen (secondary N) is 1. The van der Waals surface area contributed by atoms with E-state index in [-0.39, 0.29) is 12.5 Å². The van der Waals surface area contributed by atoms with Crippen LogP contribution in [0.15, 0.2) is 18.2 Å². The third-order valence-corrected chi connectivity index (χ3v) is 3.82. The van der Waals surface area contributed by atoms with Crippen molar-refractivity contribution in [1.82, 2.24) is 5.43 Å². The lowest BCUT2D eigenvalue weighted by molar-refractivity contribution is -0.137. The number of amides is 2. The molecule has 0 atom stereocenters. The number of benzene rings is 1. The van der Waals surface area contributed by atoms with Gasteiger partial charge in [-0.2, -0.15) is 0 Å². The Morgan fingerprint density at radius 2 is 2.05 bits per heavy atom. The Kier molecular flexibility index (Phi) is 4.04. The lowest BCUT2D eigenvalue weighted by Crippen LogP contribution is -2.57. The second-order valence-corrected chi connectivity index (χ2v) is 4.99. The first-order chi connectivity index (χ1) is 9.97. The summed E-state index contributed by atoms with van der Waals surface area (Å²) < 4.78 is 5.92. The molecule has 5 N–H and O–H groups in total. The Labute approximate surface area is 123 Å². The fourth-order valence-electron chi connectivity index (χ4n) is 2.48. The second kappa shape index (κ2) is 5.61. The number of carbonyl (C=O) groups is 2. The van der Waals surface area contributed by atoms with Crippen LogP contribution in [0.1, 0.15) is 26.7 Å². The highest BCUT2D eigenvalue weighted by molar-refractivity contribution is 6.06. The number of nitrogen functional groups attached to an aromatic ring is 1. The molecular formula is C14H20N4O3. The van der Waals surface area contributed by atoms with E-state index in [2.05, 4.69) is 0 Å². The van der Waals surface area contributed by atoms with Crippen LogP contribution in [0.5, 0.6) is 5.75 Å². The Balaban J connectivity index is 2.52. The monoisotopic (exact) mass is 292 g/mol. The molecule has 7 heteroatoms. The highest BCUT2D eigenvalue weighted by Gasteiger charge is 2.46. The maximum atomic E-state index is 12.8. The Hall–Kier alpha value is -2.28. The van der Waals surface area contributed by atoms with Gasteiger partial charge in [-0.3, -0.25) is 19.9 Å². The summed E-state index contributed by atoms with van der Waals surface area (Å²) in [6.07, 6.45) is 1.01. The van der Waals surface area contributed by atoms with Gasteiger partial charge in [-0.15, -0.1) is 0 Å². The summed E-state index contributed by atoms with van der Waals surface area (Å²) in [7, 11) is 0. The van der Waals surface area contributed by atoms with Crippen LogP contribution in [0.4, 0.5) is 11.4 Å². The summed E-state index contributed by atoms with van der Waals surface area (Å²) in [6, 6.07) is 5.03. The van der Waals surface area contributed by atoms with Gasteiger partial charge in [0, 0.05) is 5.69 Å². The highest BCUT2D eigenvalue weighted by atomic mass is 16.5. The van der Waals surface area contributed by atoms with Crippen LogP contribution in [0.3, 0.4) is 0 Å². The van der Waals surface area contributed by atoms with Crippen LogP contribution in [0.2, 0.25) is 0 Å². The van der Waals surface area contributed by atoms with E-state index in [1.54, 1.807) is 18.2 Å². The average Bonchev–Trinajstić information content (AvgIpc) is 2.50. The van der Waals surface area contributed by atoms with Crippen molar-refractivity contribution in [3.05, 3.63) is 18.2 Å². The zero-order valence-corrected chi connectivity index (χ0v) is 12.2. The van der Waals surface area contributed by atoms with Gasteiger partial charge in [-0.05, 0) is 31.0 Å². The SMILES string of the molecule is CCC1(CC)Oc2ccc(N)cc2N(CC(=O)NN)C1=O. The van der Waals surface area contributed by atoms with Crippen molar-refractivity contribution in [2.45, 2.75) is 32.3 Å². The number of ether oxygens (including phenoxy) is 1. The number of anilines is 2. The van der Waals surface area contributed by atoms with E-state index in [9.17, 15) is 9.59 Å². The molecule has 0 bridgehead atoms. The molecule has 1 heterocycles. The van der Waals surface area contributed by atoms with Crippen molar-refractivity contribution in [1.29, 1.82) is 0 Å². The summed E-state index contributed by atoms with van der Waals surface area (Å²) in [5, 5.41) is 0. The minimum absolute atomic E-state index is 0.170. The second-order valence-electron chi connectivity index (χ2n) is 4.99. The topological polar surface area (TPSA) is 111 Å². The van der Waals surface area contributed by atoms with Gasteiger partial charge >= 0.3 is 0 Å². The lowest BCUT2D eigenvalue weighted by atomic mass is 9.92. The number of nitrogens with zero attached hydrogens (tertiary/aromatic N) is 1. The molecule has 0 fully saturated rings. The van der Waals surface area contributed by atoms with Gasteiger partial charge in [-0.1, -0.05) is 13.8 Å². The Morgan fingerprint density at radius 3 is 2.62 bits per heavy atom. The number of nitrogens with two attached hydrogens (primary N) is 2. The zero-order chi connectivity index (χ0) is 15.6. The smallest absolute Gasteiger partial charge is 0.271 e. The van der Waals surface area contributed by atoms with Crippen molar-refractivity contribution in [3.63, 3.8) is 0 Å². The number of hydrogen-bond acceptors (Lipinski definition) is 5. The molecule has 0 saturated carbocycles. The molecule has 0 aromatic heterocycles. The summed E-state index contributed by atoms with van der Waals surface area (Å²) in [4.78, 5) is 25.8. The third-order valence-electron chi connectivity index (χ3n) is 3.82. The fraction of sp³-hybridized carbons (Fsp3) is 0.429. The van der Waals surface area contributed by atoms with Gasteiger partial charge < -0.3 is 10.5 Å². The van der Waals surface area contributed by atoms with Crippen molar-refractivity contribution in [2.24, 2.45) is 5.84 Å². The average molecular weight is 292 g/mol. The van der Waals surface area contributed by atoms with Crippen LogP contribution in [-0.4, -0.2) is 24.0 Å². The van der Waals surface area contributed by atoms with Gasteiger partial charge in [0.05, 0.1) is 5.69 Å². The van der Waals surface area contributed by atoms with Gasteiger partial charge in [0.25, 0.3) is 11.8 Å². The highest BCUT2D eigenvalue weighted by Crippen LogP contribution is 2.41. The molecule has 2 amide bonds. The molecule has 0 radical (unpaired) electrons. The van der Waals surface area contributed by atoms with Gasteiger partial charge in [0.2, 0.25) is 0 Å². The molecule has 7 nitrogen and oxygen atoms in total. The molecule has 1 aliphatic rings. The van der Waals surface area contributed by atoms with Crippen molar-refractivity contribution in [2.75, 3.05) is 17.2 Å². The van der Waals surface area contributed by atoms with Gasteiger partial charge in [0.15, 0.2) is 5.60 Å².